The fourth-order valence-corrected chi connectivity index (χ4v) is 4.67. The van der Waals surface area contributed by atoms with E-state index in [1.54, 1.807) is 47.9 Å². The zero-order chi connectivity index (χ0) is 21.0. The van der Waals surface area contributed by atoms with E-state index in [2.05, 4.69) is 4.72 Å². The van der Waals surface area contributed by atoms with Crippen molar-refractivity contribution >= 4 is 32.4 Å². The predicted octanol–water partition coefficient (Wildman–Crippen LogP) is 2.30. The third-order valence-corrected chi connectivity index (χ3v) is 6.17. The van der Waals surface area contributed by atoms with Gasteiger partial charge in [0, 0.05) is 30.6 Å². The number of hydrogen-bond donors (Lipinski definition) is 3. The van der Waals surface area contributed by atoms with Gasteiger partial charge in [0.05, 0.1) is 4.90 Å². The molecule has 0 radical (unpaired) electrons. The van der Waals surface area contributed by atoms with E-state index in [4.69, 9.17) is 5.21 Å². The highest BCUT2D eigenvalue weighted by Crippen LogP contribution is 2.30. The predicted molar refractivity (Wildman–Crippen MR) is 112 cm³/mol. The minimum Gasteiger partial charge on any atom is -0.377 e. The molecule has 0 heterocycles. The number of carbonyl (C=O) groups is 1. The molecular formula is C21H23N3O4S. The number of hydrogen-bond acceptors (Lipinski definition) is 5. The van der Waals surface area contributed by atoms with Crippen LogP contribution >= 0.6 is 0 Å². The highest BCUT2D eigenvalue weighted by molar-refractivity contribution is 7.89. The van der Waals surface area contributed by atoms with Crippen molar-refractivity contribution in [2.45, 2.75) is 17.4 Å². The molecule has 0 saturated carbocycles. The Morgan fingerprint density at radius 2 is 1.62 bits per heavy atom. The first-order chi connectivity index (χ1) is 13.8. The van der Waals surface area contributed by atoms with Gasteiger partial charge >= 0.3 is 0 Å². The van der Waals surface area contributed by atoms with E-state index in [-0.39, 0.29) is 11.3 Å². The van der Waals surface area contributed by atoms with E-state index in [0.29, 0.717) is 5.39 Å². The lowest BCUT2D eigenvalue weighted by Crippen LogP contribution is -2.47. The number of amides is 1. The quantitative estimate of drug-likeness (QED) is 0.408. The number of anilines is 1. The van der Waals surface area contributed by atoms with Gasteiger partial charge in [-0.05, 0) is 24.1 Å². The first-order valence-corrected chi connectivity index (χ1v) is 10.5. The van der Waals surface area contributed by atoms with Crippen molar-refractivity contribution in [2.24, 2.45) is 0 Å². The Kier molecular flexibility index (Phi) is 6.17. The van der Waals surface area contributed by atoms with Gasteiger partial charge in [0.25, 0.3) is 5.91 Å². The van der Waals surface area contributed by atoms with Crippen LogP contribution in [0.1, 0.15) is 5.56 Å². The third-order valence-electron chi connectivity index (χ3n) is 4.64. The normalized spacial score (nSPS) is 12.5. The summed E-state index contributed by atoms with van der Waals surface area (Å²) in [7, 11) is -0.275. The summed E-state index contributed by atoms with van der Waals surface area (Å²) in [6.45, 7) is 0. The monoisotopic (exact) mass is 413 g/mol. The molecular weight excluding hydrogens is 390 g/mol. The van der Waals surface area contributed by atoms with Crippen molar-refractivity contribution < 1.29 is 18.4 Å². The zero-order valence-corrected chi connectivity index (χ0v) is 17.0. The van der Waals surface area contributed by atoms with Crippen LogP contribution in [0.2, 0.25) is 0 Å². The van der Waals surface area contributed by atoms with Crippen LogP contribution in [0.15, 0.2) is 71.6 Å². The highest BCUT2D eigenvalue weighted by atomic mass is 32.2. The largest absolute Gasteiger partial charge is 0.377 e. The number of carbonyl (C=O) groups excluding carboxylic acids is 1. The summed E-state index contributed by atoms with van der Waals surface area (Å²) in [6, 6.07) is 18.3. The number of nitrogens with zero attached hydrogens (tertiary/aromatic N) is 1. The standard InChI is InChI=1S/C21H23N3O4S/c1-24(2)19-12-6-11-17-16(19)10-7-13-20(17)29(27,28)23-18(21(25)22-26)14-15-8-4-3-5-9-15/h3-13,18,23,26H,14H2,1-2H3,(H,22,25). The first-order valence-electron chi connectivity index (χ1n) is 9.03. The second-order valence-corrected chi connectivity index (χ2v) is 8.54. The summed E-state index contributed by atoms with van der Waals surface area (Å²) in [5.74, 6) is -0.827. The van der Waals surface area contributed by atoms with Crippen molar-refractivity contribution in [2.75, 3.05) is 19.0 Å². The van der Waals surface area contributed by atoms with Gasteiger partial charge in [-0.25, -0.2) is 13.9 Å². The van der Waals surface area contributed by atoms with E-state index in [9.17, 15) is 13.2 Å². The Morgan fingerprint density at radius 3 is 2.28 bits per heavy atom. The number of sulfonamides is 1. The fourth-order valence-electron chi connectivity index (χ4n) is 3.26. The van der Waals surface area contributed by atoms with E-state index < -0.39 is 22.0 Å². The van der Waals surface area contributed by atoms with Gasteiger partial charge in [0.2, 0.25) is 10.0 Å². The summed E-state index contributed by atoms with van der Waals surface area (Å²) in [6.07, 6.45) is 0.0974. The lowest BCUT2D eigenvalue weighted by molar-refractivity contribution is -0.130. The minimum atomic E-state index is -4.04. The summed E-state index contributed by atoms with van der Waals surface area (Å²) >= 11 is 0. The van der Waals surface area contributed by atoms with Crippen LogP contribution in [0.25, 0.3) is 10.8 Å². The van der Waals surface area contributed by atoms with Gasteiger partial charge in [-0.3, -0.25) is 10.0 Å². The number of hydroxylamine groups is 1. The third kappa shape index (κ3) is 4.56. The van der Waals surface area contributed by atoms with E-state index in [1.807, 2.05) is 37.2 Å². The molecule has 3 aromatic rings. The Balaban J connectivity index is 2.01. The molecule has 0 bridgehead atoms. The molecule has 1 amide bonds. The Morgan fingerprint density at radius 1 is 0.966 bits per heavy atom. The van der Waals surface area contributed by atoms with Crippen LogP contribution in [0.4, 0.5) is 5.69 Å². The van der Waals surface area contributed by atoms with Crippen LogP contribution in [-0.2, 0) is 21.2 Å². The maximum atomic E-state index is 13.2. The summed E-state index contributed by atoms with van der Waals surface area (Å²) < 4.78 is 28.8. The topological polar surface area (TPSA) is 98.7 Å². The molecule has 3 aromatic carbocycles. The summed E-state index contributed by atoms with van der Waals surface area (Å²) in [5.41, 5.74) is 3.19. The van der Waals surface area contributed by atoms with Gasteiger partial charge in [-0.1, -0.05) is 54.6 Å². The van der Waals surface area contributed by atoms with Crippen LogP contribution in [0.3, 0.4) is 0 Å². The summed E-state index contributed by atoms with van der Waals surface area (Å²) in [4.78, 5) is 14.1. The van der Waals surface area contributed by atoms with Crippen molar-refractivity contribution in [1.29, 1.82) is 0 Å². The lowest BCUT2D eigenvalue weighted by Gasteiger charge is -2.19. The minimum absolute atomic E-state index is 0.0718. The smallest absolute Gasteiger partial charge is 0.261 e. The van der Waals surface area contributed by atoms with E-state index >= 15 is 0 Å². The molecule has 1 atom stereocenters. The molecule has 0 aliphatic heterocycles. The molecule has 8 heteroatoms. The zero-order valence-electron chi connectivity index (χ0n) is 16.2. The summed E-state index contributed by atoms with van der Waals surface area (Å²) in [5, 5.41) is 10.4. The van der Waals surface area contributed by atoms with Gasteiger partial charge in [0.1, 0.15) is 6.04 Å². The van der Waals surface area contributed by atoms with Crippen LogP contribution < -0.4 is 15.1 Å². The number of fused-ring (bicyclic) bond motifs is 1. The number of rotatable bonds is 7. The molecule has 3 N–H and O–H groups in total. The molecule has 29 heavy (non-hydrogen) atoms. The number of nitrogens with one attached hydrogen (secondary N) is 2. The van der Waals surface area contributed by atoms with Crippen LogP contribution in [0, 0.1) is 0 Å². The molecule has 0 aliphatic carbocycles. The highest BCUT2D eigenvalue weighted by Gasteiger charge is 2.27. The molecule has 0 spiro atoms. The van der Waals surface area contributed by atoms with Gasteiger partial charge in [-0.15, -0.1) is 0 Å². The lowest BCUT2D eigenvalue weighted by atomic mass is 10.1. The van der Waals surface area contributed by atoms with E-state index in [1.165, 1.54) is 6.07 Å². The first kappa shape index (κ1) is 20.8. The van der Waals surface area contributed by atoms with Gasteiger partial charge < -0.3 is 4.90 Å². The van der Waals surface area contributed by atoms with Crippen LogP contribution in [0.5, 0.6) is 0 Å². The number of benzene rings is 3. The molecule has 0 aliphatic rings. The SMILES string of the molecule is CN(C)c1cccc2c(S(=O)(=O)NC(Cc3ccccc3)C(=O)NO)cccc12. The van der Waals surface area contributed by atoms with Crippen molar-refractivity contribution in [3.8, 4) is 0 Å². The molecule has 0 saturated heterocycles. The Labute approximate surface area is 170 Å². The molecule has 0 aromatic heterocycles. The van der Waals surface area contributed by atoms with Gasteiger partial charge in [-0.2, -0.15) is 4.72 Å². The Hall–Kier alpha value is -2.94. The second kappa shape index (κ2) is 8.60. The van der Waals surface area contributed by atoms with Crippen molar-refractivity contribution in [1.82, 2.24) is 10.2 Å². The molecule has 152 valence electrons. The molecule has 0 fully saturated rings. The molecule has 3 rings (SSSR count). The average molecular weight is 413 g/mol. The van der Waals surface area contributed by atoms with E-state index in [0.717, 1.165) is 16.6 Å². The maximum Gasteiger partial charge on any atom is 0.261 e. The maximum absolute atomic E-state index is 13.2. The fraction of sp³-hybridized carbons (Fsp3) is 0.190. The Bertz CT molecular complexity index is 1120. The van der Waals surface area contributed by atoms with Crippen molar-refractivity contribution in [3.63, 3.8) is 0 Å². The van der Waals surface area contributed by atoms with Crippen LogP contribution in [-0.4, -0.2) is 39.7 Å². The van der Waals surface area contributed by atoms with Gasteiger partial charge in [0.15, 0.2) is 0 Å². The average Bonchev–Trinajstić information content (AvgIpc) is 2.72. The molecule has 1 unspecified atom stereocenters. The second-order valence-electron chi connectivity index (χ2n) is 6.86. The molecule has 7 nitrogen and oxygen atoms in total. The van der Waals surface area contributed by atoms with Crippen molar-refractivity contribution in [3.05, 3.63) is 72.3 Å².